The van der Waals surface area contributed by atoms with Crippen LogP contribution < -0.4 is 0 Å². The molecule has 0 radical (unpaired) electrons. The van der Waals surface area contributed by atoms with Crippen molar-refractivity contribution >= 4 is 0 Å². The molecule has 0 aliphatic carbocycles. The van der Waals surface area contributed by atoms with E-state index in [1.165, 1.54) is 250 Å². The van der Waals surface area contributed by atoms with Crippen molar-refractivity contribution in [3.8, 4) is 0 Å². The molecule has 0 spiro atoms. The molecule has 0 heteroatoms. The maximum atomic E-state index is 2.39. The van der Waals surface area contributed by atoms with Crippen LogP contribution in [-0.2, 0) is 0 Å². The van der Waals surface area contributed by atoms with Crippen molar-refractivity contribution in [2.75, 3.05) is 0 Å². The molecule has 0 N–H and O–H groups in total. The fraction of sp³-hybridized carbons (Fsp3) is 0.911. The Hall–Kier alpha value is -0.520. The second-order valence-electron chi connectivity index (χ2n) is 14.8. The predicted octanol–water partition coefficient (Wildman–Crippen LogP) is 17.4. The molecular formula is C45H88. The highest BCUT2D eigenvalue weighted by Gasteiger charge is 1.97. The van der Waals surface area contributed by atoms with Gasteiger partial charge in [-0.3, -0.25) is 0 Å². The van der Waals surface area contributed by atoms with Gasteiger partial charge in [-0.1, -0.05) is 263 Å². The minimum absolute atomic E-state index is 1.27. The summed E-state index contributed by atoms with van der Waals surface area (Å²) < 4.78 is 0. The molecule has 268 valence electrons. The van der Waals surface area contributed by atoms with E-state index in [-0.39, 0.29) is 0 Å². The van der Waals surface area contributed by atoms with Crippen LogP contribution >= 0.6 is 0 Å². The molecule has 0 heterocycles. The fourth-order valence-electron chi connectivity index (χ4n) is 6.85. The molecule has 0 saturated heterocycles. The van der Waals surface area contributed by atoms with E-state index in [0.29, 0.717) is 0 Å². The van der Waals surface area contributed by atoms with E-state index in [9.17, 15) is 0 Å². The van der Waals surface area contributed by atoms with Gasteiger partial charge in [0.2, 0.25) is 0 Å². The van der Waals surface area contributed by atoms with E-state index in [0.717, 1.165) is 0 Å². The lowest BCUT2D eigenvalue weighted by atomic mass is 10.0. The topological polar surface area (TPSA) is 0 Å². The van der Waals surface area contributed by atoms with Crippen LogP contribution in [0.5, 0.6) is 0 Å². The Balaban J connectivity index is 3.14. The Kier molecular flexibility index (Phi) is 43.0. The molecular weight excluding hydrogens is 540 g/mol. The molecule has 0 aromatic rings. The zero-order valence-corrected chi connectivity index (χ0v) is 31.9. The van der Waals surface area contributed by atoms with Crippen LogP contribution in [-0.4, -0.2) is 0 Å². The third-order valence-corrected chi connectivity index (χ3v) is 10.1. The van der Waals surface area contributed by atoms with Crippen LogP contribution in [0.25, 0.3) is 0 Å². The van der Waals surface area contributed by atoms with E-state index in [1.807, 2.05) is 0 Å². The molecule has 0 aromatic heterocycles. The Labute approximate surface area is 287 Å². The minimum atomic E-state index is 1.27. The molecule has 0 nitrogen and oxygen atoms in total. The number of unbranched alkanes of at least 4 members (excludes halogenated alkanes) is 37. The molecule has 0 atom stereocenters. The number of hydrogen-bond donors (Lipinski definition) is 0. The SMILES string of the molecule is CCCCCCCCCCCCCCCCCCCCC=CC=CCCCCCCCCCCCCCCCCCCCCC. The molecule has 0 bridgehead atoms. The van der Waals surface area contributed by atoms with Gasteiger partial charge >= 0.3 is 0 Å². The highest BCUT2D eigenvalue weighted by atomic mass is 14.0. The zero-order valence-electron chi connectivity index (χ0n) is 31.9. The van der Waals surface area contributed by atoms with Crippen molar-refractivity contribution in [1.82, 2.24) is 0 Å². The molecule has 0 rings (SSSR count). The van der Waals surface area contributed by atoms with Crippen LogP contribution in [0, 0.1) is 0 Å². The maximum Gasteiger partial charge on any atom is -0.0348 e. The van der Waals surface area contributed by atoms with Crippen LogP contribution in [0.4, 0.5) is 0 Å². The van der Waals surface area contributed by atoms with E-state index in [1.54, 1.807) is 0 Å². The lowest BCUT2D eigenvalue weighted by molar-refractivity contribution is 0.523. The molecule has 45 heavy (non-hydrogen) atoms. The molecule has 0 aromatic carbocycles. The Morgan fingerprint density at radius 2 is 0.356 bits per heavy atom. The highest BCUT2D eigenvalue weighted by Crippen LogP contribution is 2.16. The van der Waals surface area contributed by atoms with E-state index >= 15 is 0 Å². The van der Waals surface area contributed by atoms with Gasteiger partial charge in [-0.25, -0.2) is 0 Å². The number of rotatable bonds is 40. The van der Waals surface area contributed by atoms with Crippen molar-refractivity contribution in [3.05, 3.63) is 24.3 Å². The lowest BCUT2D eigenvalue weighted by Gasteiger charge is -2.03. The summed E-state index contributed by atoms with van der Waals surface area (Å²) >= 11 is 0. The first-order valence-electron chi connectivity index (χ1n) is 21.7. The summed E-state index contributed by atoms with van der Waals surface area (Å²) in [5.41, 5.74) is 0. The third kappa shape index (κ3) is 43.5. The zero-order chi connectivity index (χ0) is 32.4. The summed E-state index contributed by atoms with van der Waals surface area (Å²) in [7, 11) is 0. The summed E-state index contributed by atoms with van der Waals surface area (Å²) in [4.78, 5) is 0. The van der Waals surface area contributed by atoms with Crippen LogP contribution in [0.1, 0.15) is 264 Å². The number of hydrogen-bond acceptors (Lipinski definition) is 0. The summed E-state index contributed by atoms with van der Waals surface area (Å²) in [5, 5.41) is 0. The Morgan fingerprint density at radius 3 is 0.533 bits per heavy atom. The Morgan fingerprint density at radius 1 is 0.200 bits per heavy atom. The first-order valence-corrected chi connectivity index (χ1v) is 21.7. The second-order valence-corrected chi connectivity index (χ2v) is 14.8. The Bertz CT molecular complexity index is 542. The standard InChI is InChI=1S/C45H88/c1-3-5-7-9-11-13-15-17-19-21-23-25-27-29-31-33-35-37-39-41-43-45-44-42-40-38-36-34-32-30-28-26-24-22-20-18-16-14-12-10-8-6-4-2/h41,43-45H,3-40,42H2,1-2H3. The van der Waals surface area contributed by atoms with Gasteiger partial charge in [0.25, 0.3) is 0 Å². The van der Waals surface area contributed by atoms with Gasteiger partial charge in [-0.05, 0) is 25.7 Å². The normalized spacial score (nSPS) is 12.0. The van der Waals surface area contributed by atoms with Crippen molar-refractivity contribution in [2.24, 2.45) is 0 Å². The monoisotopic (exact) mass is 629 g/mol. The van der Waals surface area contributed by atoms with Crippen molar-refractivity contribution in [2.45, 2.75) is 264 Å². The smallest absolute Gasteiger partial charge is 0.0348 e. The molecule has 0 aliphatic rings. The average molecular weight is 629 g/mol. The summed E-state index contributed by atoms with van der Waals surface area (Å²) in [5.74, 6) is 0. The van der Waals surface area contributed by atoms with Crippen LogP contribution in [0.2, 0.25) is 0 Å². The molecule has 0 aliphatic heterocycles. The molecule has 0 saturated carbocycles. The van der Waals surface area contributed by atoms with Gasteiger partial charge in [-0.15, -0.1) is 0 Å². The molecule has 0 amide bonds. The summed E-state index contributed by atoms with van der Waals surface area (Å²) in [6.07, 6.45) is 65.9. The van der Waals surface area contributed by atoms with E-state index < -0.39 is 0 Å². The van der Waals surface area contributed by atoms with E-state index in [4.69, 9.17) is 0 Å². The summed E-state index contributed by atoms with van der Waals surface area (Å²) in [6, 6.07) is 0. The van der Waals surface area contributed by atoms with Crippen LogP contribution in [0.15, 0.2) is 24.3 Å². The van der Waals surface area contributed by atoms with Gasteiger partial charge in [0.05, 0.1) is 0 Å². The van der Waals surface area contributed by atoms with E-state index in [2.05, 4.69) is 38.2 Å². The fourth-order valence-corrected chi connectivity index (χ4v) is 6.85. The second kappa shape index (κ2) is 43.5. The first kappa shape index (κ1) is 44.5. The van der Waals surface area contributed by atoms with Crippen LogP contribution in [0.3, 0.4) is 0 Å². The minimum Gasteiger partial charge on any atom is -0.0845 e. The highest BCUT2D eigenvalue weighted by molar-refractivity contribution is 5.02. The largest absolute Gasteiger partial charge is 0.0845 e. The van der Waals surface area contributed by atoms with Crippen molar-refractivity contribution in [3.63, 3.8) is 0 Å². The lowest BCUT2D eigenvalue weighted by Crippen LogP contribution is -1.84. The number of allylic oxidation sites excluding steroid dienone is 4. The molecule has 0 fully saturated rings. The summed E-state index contributed by atoms with van der Waals surface area (Å²) in [6.45, 7) is 4.61. The van der Waals surface area contributed by atoms with Gasteiger partial charge in [0.15, 0.2) is 0 Å². The van der Waals surface area contributed by atoms with Gasteiger partial charge in [0.1, 0.15) is 0 Å². The van der Waals surface area contributed by atoms with Gasteiger partial charge in [0, 0.05) is 0 Å². The first-order chi connectivity index (χ1) is 22.4. The molecule has 0 unspecified atom stereocenters. The quantitative estimate of drug-likeness (QED) is 0.0468. The van der Waals surface area contributed by atoms with Crippen molar-refractivity contribution in [1.29, 1.82) is 0 Å². The van der Waals surface area contributed by atoms with Gasteiger partial charge < -0.3 is 0 Å². The van der Waals surface area contributed by atoms with Crippen molar-refractivity contribution < 1.29 is 0 Å². The predicted molar refractivity (Wildman–Crippen MR) is 210 cm³/mol. The maximum absolute atomic E-state index is 2.39. The average Bonchev–Trinajstić information content (AvgIpc) is 3.05. The third-order valence-electron chi connectivity index (χ3n) is 10.1. The van der Waals surface area contributed by atoms with Gasteiger partial charge in [-0.2, -0.15) is 0 Å².